The summed E-state index contributed by atoms with van der Waals surface area (Å²) in [5, 5.41) is 16.3. The lowest BCUT2D eigenvalue weighted by molar-refractivity contribution is -0.196. The zero-order chi connectivity index (χ0) is 28.4. The molecule has 0 spiro atoms. The first-order chi connectivity index (χ1) is 17.7. The third kappa shape index (κ3) is 6.53. The van der Waals surface area contributed by atoms with Crippen molar-refractivity contribution < 1.29 is 41.1 Å². The van der Waals surface area contributed by atoms with Gasteiger partial charge in [-0.2, -0.15) is 18.4 Å². The SMILES string of the molecule is CC(C)C[C@H](NC(=O)C(F)(F)F)C(=O)N1[C@H]2CC[C@@H]([C@H]1C(=O)N[C@@H](C#N)C[C@@H]1CCCNC1=O)C(F)(F)C2. The lowest BCUT2D eigenvalue weighted by Gasteiger charge is -2.54. The molecule has 4 fully saturated rings. The molecule has 3 heterocycles. The van der Waals surface area contributed by atoms with Crippen molar-refractivity contribution in [2.24, 2.45) is 17.8 Å². The Morgan fingerprint density at radius 3 is 2.42 bits per heavy atom. The van der Waals surface area contributed by atoms with E-state index in [9.17, 15) is 46.4 Å². The Bertz CT molecular complexity index is 982. The lowest BCUT2D eigenvalue weighted by atomic mass is 9.71. The monoisotopic (exact) mass is 549 g/mol. The molecule has 6 atom stereocenters. The van der Waals surface area contributed by atoms with Gasteiger partial charge in [-0.15, -0.1) is 0 Å². The summed E-state index contributed by atoms with van der Waals surface area (Å²) in [4.78, 5) is 51.5. The summed E-state index contributed by atoms with van der Waals surface area (Å²) in [6.45, 7) is 3.71. The largest absolute Gasteiger partial charge is 0.471 e. The molecule has 4 rings (SSSR count). The van der Waals surface area contributed by atoms with E-state index in [2.05, 4.69) is 10.6 Å². The van der Waals surface area contributed by atoms with Gasteiger partial charge < -0.3 is 20.9 Å². The van der Waals surface area contributed by atoms with Crippen LogP contribution in [0.15, 0.2) is 0 Å². The standard InChI is InChI=1S/C24H32F5N5O4/c1-12(2)8-17(33-22(38)24(27,28)29)21(37)34-15-5-6-16(23(25,26)10-15)18(34)20(36)32-14(11-30)9-13-4-3-7-31-19(13)35/h12-18H,3-10H2,1-2H3,(H,31,35)(H,32,36)(H,33,38)/t13-,14+,15-,16-,17-,18-/m0/s1. The Morgan fingerprint density at radius 2 is 1.87 bits per heavy atom. The molecule has 0 aromatic heterocycles. The van der Waals surface area contributed by atoms with Gasteiger partial charge in [0.2, 0.25) is 17.7 Å². The number of halogens is 5. The Morgan fingerprint density at radius 1 is 1.18 bits per heavy atom. The fourth-order valence-electron chi connectivity index (χ4n) is 5.68. The molecule has 0 aromatic rings. The summed E-state index contributed by atoms with van der Waals surface area (Å²) >= 11 is 0. The van der Waals surface area contributed by atoms with E-state index in [1.54, 1.807) is 19.2 Å². The van der Waals surface area contributed by atoms with E-state index in [1.807, 2.05) is 6.07 Å². The molecule has 1 saturated carbocycles. The van der Waals surface area contributed by atoms with Gasteiger partial charge in [-0.3, -0.25) is 19.2 Å². The smallest absolute Gasteiger partial charge is 0.356 e. The highest BCUT2D eigenvalue weighted by atomic mass is 19.4. The summed E-state index contributed by atoms with van der Waals surface area (Å²) in [5.74, 6) is -10.6. The first-order valence-corrected chi connectivity index (χ1v) is 12.7. The number of hydrogen-bond donors (Lipinski definition) is 3. The number of alkyl halides is 5. The number of carbonyl (C=O) groups is 4. The highest BCUT2D eigenvalue weighted by Gasteiger charge is 2.61. The molecule has 3 N–H and O–H groups in total. The Labute approximate surface area is 216 Å². The molecule has 4 amide bonds. The Balaban J connectivity index is 1.87. The fourth-order valence-corrected chi connectivity index (χ4v) is 5.68. The molecule has 9 nitrogen and oxygen atoms in total. The molecule has 38 heavy (non-hydrogen) atoms. The van der Waals surface area contributed by atoms with Crippen LogP contribution >= 0.6 is 0 Å². The number of hydrogen-bond acceptors (Lipinski definition) is 5. The summed E-state index contributed by atoms with van der Waals surface area (Å²) in [7, 11) is 0. The Kier molecular flexibility index (Phi) is 8.88. The molecular formula is C24H32F5N5O4. The average molecular weight is 550 g/mol. The van der Waals surface area contributed by atoms with Crippen molar-refractivity contribution in [2.75, 3.05) is 6.54 Å². The molecule has 0 unspecified atom stereocenters. The van der Waals surface area contributed by atoms with E-state index in [0.717, 1.165) is 4.90 Å². The van der Waals surface area contributed by atoms with Crippen molar-refractivity contribution in [1.29, 1.82) is 5.26 Å². The van der Waals surface area contributed by atoms with Gasteiger partial charge in [0.15, 0.2) is 0 Å². The summed E-state index contributed by atoms with van der Waals surface area (Å²) in [6, 6.07) is -3.93. The van der Waals surface area contributed by atoms with Crippen molar-refractivity contribution in [3.05, 3.63) is 0 Å². The molecule has 2 bridgehead atoms. The number of nitrogens with one attached hydrogen (secondary N) is 3. The maximum atomic E-state index is 14.9. The minimum absolute atomic E-state index is 0.0587. The fraction of sp³-hybridized carbons (Fsp3) is 0.792. The maximum Gasteiger partial charge on any atom is 0.471 e. The van der Waals surface area contributed by atoms with Crippen LogP contribution in [-0.4, -0.2) is 71.3 Å². The number of carbonyl (C=O) groups excluding carboxylic acids is 4. The van der Waals surface area contributed by atoms with Crippen LogP contribution in [0.4, 0.5) is 22.0 Å². The van der Waals surface area contributed by atoms with Crippen LogP contribution in [0.2, 0.25) is 0 Å². The molecule has 14 heteroatoms. The number of rotatable bonds is 8. The minimum atomic E-state index is -5.27. The van der Waals surface area contributed by atoms with E-state index < -0.39 is 72.2 Å². The van der Waals surface area contributed by atoms with Gasteiger partial charge >= 0.3 is 12.1 Å². The molecule has 3 aliphatic heterocycles. The van der Waals surface area contributed by atoms with Gasteiger partial charge in [-0.05, 0) is 44.4 Å². The maximum absolute atomic E-state index is 14.9. The minimum Gasteiger partial charge on any atom is -0.356 e. The van der Waals surface area contributed by atoms with Crippen LogP contribution in [0.5, 0.6) is 0 Å². The molecule has 212 valence electrons. The van der Waals surface area contributed by atoms with Crippen LogP contribution in [-0.2, 0) is 19.2 Å². The normalized spacial score (nSPS) is 28.2. The second-order valence-electron chi connectivity index (χ2n) is 10.7. The van der Waals surface area contributed by atoms with E-state index in [0.29, 0.717) is 19.4 Å². The van der Waals surface area contributed by atoms with Gasteiger partial charge in [-0.25, -0.2) is 8.78 Å². The predicted octanol–water partition coefficient (Wildman–Crippen LogP) is 2.02. The van der Waals surface area contributed by atoms with Crippen molar-refractivity contribution >= 4 is 23.6 Å². The number of amides is 4. The number of nitriles is 1. The summed E-state index contributed by atoms with van der Waals surface area (Å²) in [5.41, 5.74) is 0. The van der Waals surface area contributed by atoms with Crippen LogP contribution in [0.25, 0.3) is 0 Å². The first kappa shape index (κ1) is 29.6. The zero-order valence-corrected chi connectivity index (χ0v) is 21.1. The number of fused-ring (bicyclic) bond motifs is 3. The third-order valence-corrected chi connectivity index (χ3v) is 7.42. The van der Waals surface area contributed by atoms with Gasteiger partial charge in [0, 0.05) is 24.9 Å². The molecule has 1 aliphatic carbocycles. The van der Waals surface area contributed by atoms with Crippen molar-refractivity contribution in [1.82, 2.24) is 20.9 Å². The second-order valence-corrected chi connectivity index (χ2v) is 10.7. The highest BCUT2D eigenvalue weighted by Crippen LogP contribution is 2.49. The Hall–Kier alpha value is -2.98. The molecule has 0 radical (unpaired) electrons. The van der Waals surface area contributed by atoms with E-state index in [-0.39, 0.29) is 37.5 Å². The van der Waals surface area contributed by atoms with Crippen LogP contribution < -0.4 is 16.0 Å². The molecular weight excluding hydrogens is 517 g/mol. The molecule has 3 saturated heterocycles. The van der Waals surface area contributed by atoms with Gasteiger partial charge in [0.05, 0.1) is 12.0 Å². The number of piperidine rings is 3. The molecule has 4 aliphatic rings. The van der Waals surface area contributed by atoms with E-state index >= 15 is 0 Å². The first-order valence-electron chi connectivity index (χ1n) is 12.7. The van der Waals surface area contributed by atoms with Crippen LogP contribution in [0.3, 0.4) is 0 Å². The van der Waals surface area contributed by atoms with Crippen molar-refractivity contribution in [3.63, 3.8) is 0 Å². The summed E-state index contributed by atoms with van der Waals surface area (Å²) in [6.07, 6.45) is -5.15. The number of nitrogens with zero attached hydrogens (tertiary/aromatic N) is 2. The topological polar surface area (TPSA) is 131 Å². The highest BCUT2D eigenvalue weighted by molar-refractivity contribution is 5.94. The van der Waals surface area contributed by atoms with E-state index in [4.69, 9.17) is 0 Å². The van der Waals surface area contributed by atoms with Crippen LogP contribution in [0.1, 0.15) is 58.8 Å². The zero-order valence-electron chi connectivity index (χ0n) is 21.1. The van der Waals surface area contributed by atoms with Crippen molar-refractivity contribution in [2.45, 2.75) is 95.1 Å². The van der Waals surface area contributed by atoms with E-state index in [1.165, 1.54) is 0 Å². The van der Waals surface area contributed by atoms with Crippen molar-refractivity contribution in [3.8, 4) is 6.07 Å². The third-order valence-electron chi connectivity index (χ3n) is 7.42. The summed E-state index contributed by atoms with van der Waals surface area (Å²) < 4.78 is 68.7. The average Bonchev–Trinajstić information content (AvgIpc) is 2.82. The molecule has 0 aromatic carbocycles. The second kappa shape index (κ2) is 11.4. The predicted molar refractivity (Wildman–Crippen MR) is 122 cm³/mol. The van der Waals surface area contributed by atoms with Gasteiger partial charge in [0.25, 0.3) is 5.92 Å². The lowest BCUT2D eigenvalue weighted by Crippen LogP contribution is -2.71. The van der Waals surface area contributed by atoms with Gasteiger partial charge in [0.1, 0.15) is 18.1 Å². The quantitative estimate of drug-likeness (QED) is 0.399. The van der Waals surface area contributed by atoms with Gasteiger partial charge in [-0.1, -0.05) is 13.8 Å². The van der Waals surface area contributed by atoms with Crippen LogP contribution in [0, 0.1) is 29.1 Å².